The number of carbonyl (C=O) groups excluding carboxylic acids is 2. The number of phosphoric ester groups is 1. The Morgan fingerprint density at radius 2 is 0.529 bits per heavy atom. The first-order valence-corrected chi connectivity index (χ1v) is 42.7. The normalized spacial score (nSPS) is 14.1. The molecule has 0 heterocycles. The Morgan fingerprint density at radius 3 is 0.784 bits per heavy atom. The lowest BCUT2D eigenvalue weighted by Crippen LogP contribution is -2.37. The Kier molecular flexibility index (Phi) is 75.9. The molecule has 10 heteroatoms. The van der Waals surface area contributed by atoms with Crippen LogP contribution in [0.3, 0.4) is 0 Å². The molecular formula is C92H153NO8P+. The Labute approximate surface area is 628 Å². The summed E-state index contributed by atoms with van der Waals surface area (Å²) >= 11 is 0. The Balaban J connectivity index is 4.03. The summed E-state index contributed by atoms with van der Waals surface area (Å²) in [6.07, 6.45) is 124. The third-order valence-corrected chi connectivity index (χ3v) is 18.1. The molecule has 0 bridgehead atoms. The number of likely N-dealkylation sites (N-methyl/N-ethyl adjacent to an activating group) is 1. The van der Waals surface area contributed by atoms with Crippen LogP contribution in [0.4, 0.5) is 0 Å². The molecule has 0 rings (SSSR count). The van der Waals surface area contributed by atoms with E-state index in [9.17, 15) is 19.0 Å². The van der Waals surface area contributed by atoms with Crippen LogP contribution in [0.25, 0.3) is 0 Å². The van der Waals surface area contributed by atoms with Gasteiger partial charge >= 0.3 is 19.8 Å². The zero-order valence-corrected chi connectivity index (χ0v) is 66.9. The molecule has 578 valence electrons. The van der Waals surface area contributed by atoms with E-state index in [1.54, 1.807) is 0 Å². The van der Waals surface area contributed by atoms with Crippen molar-refractivity contribution >= 4 is 19.8 Å². The van der Waals surface area contributed by atoms with E-state index in [4.69, 9.17) is 18.5 Å². The lowest BCUT2D eigenvalue weighted by atomic mass is 10.0. The maximum Gasteiger partial charge on any atom is 0.472 e. The maximum absolute atomic E-state index is 12.9. The summed E-state index contributed by atoms with van der Waals surface area (Å²) < 4.78 is 34.8. The summed E-state index contributed by atoms with van der Waals surface area (Å²) in [5.74, 6) is -0.815. The number of unbranched alkanes of at least 4 members (excludes halogenated alkanes) is 28. The van der Waals surface area contributed by atoms with Gasteiger partial charge in [-0.15, -0.1) is 0 Å². The summed E-state index contributed by atoms with van der Waals surface area (Å²) in [7, 11) is 1.45. The van der Waals surface area contributed by atoms with Crippen LogP contribution in [-0.2, 0) is 32.7 Å². The second-order valence-corrected chi connectivity index (χ2v) is 29.5. The molecule has 0 aliphatic rings. The van der Waals surface area contributed by atoms with Crippen molar-refractivity contribution in [3.8, 4) is 0 Å². The summed E-state index contributed by atoms with van der Waals surface area (Å²) in [5.41, 5.74) is 0. The van der Waals surface area contributed by atoms with E-state index < -0.39 is 26.5 Å². The molecule has 0 aromatic heterocycles. The van der Waals surface area contributed by atoms with Gasteiger partial charge in [0.1, 0.15) is 19.8 Å². The van der Waals surface area contributed by atoms with Crippen LogP contribution < -0.4 is 0 Å². The molecule has 0 amide bonds. The molecule has 0 saturated heterocycles. The molecule has 0 saturated carbocycles. The van der Waals surface area contributed by atoms with Crippen molar-refractivity contribution in [2.75, 3.05) is 47.5 Å². The average molecular weight is 1430 g/mol. The maximum atomic E-state index is 12.9. The molecule has 0 aliphatic heterocycles. The van der Waals surface area contributed by atoms with Gasteiger partial charge in [0.15, 0.2) is 6.10 Å². The molecule has 102 heavy (non-hydrogen) atoms. The minimum absolute atomic E-state index is 0.0209. The van der Waals surface area contributed by atoms with E-state index in [1.165, 1.54) is 128 Å². The topological polar surface area (TPSA) is 108 Å². The molecule has 0 spiro atoms. The fourth-order valence-electron chi connectivity index (χ4n) is 10.9. The van der Waals surface area contributed by atoms with Crippen LogP contribution in [0.5, 0.6) is 0 Å². The minimum Gasteiger partial charge on any atom is -0.462 e. The number of rotatable bonds is 74. The molecule has 0 aromatic carbocycles. The Hall–Kier alpha value is -5.15. The Bertz CT molecular complexity index is 2440. The largest absolute Gasteiger partial charge is 0.472 e. The lowest BCUT2D eigenvalue weighted by molar-refractivity contribution is -0.870. The molecule has 0 radical (unpaired) electrons. The van der Waals surface area contributed by atoms with Crippen molar-refractivity contribution in [3.63, 3.8) is 0 Å². The van der Waals surface area contributed by atoms with E-state index in [1.807, 2.05) is 21.1 Å². The number of allylic oxidation sites excluding steroid dienone is 32. The van der Waals surface area contributed by atoms with Crippen molar-refractivity contribution in [2.45, 2.75) is 328 Å². The molecular weight excluding hydrogens is 1280 g/mol. The quantitative estimate of drug-likeness (QED) is 0.0211. The summed E-state index contributed by atoms with van der Waals surface area (Å²) in [4.78, 5) is 36.0. The Morgan fingerprint density at radius 1 is 0.304 bits per heavy atom. The van der Waals surface area contributed by atoms with Gasteiger partial charge in [-0.1, -0.05) is 362 Å². The van der Waals surface area contributed by atoms with Crippen molar-refractivity contribution in [2.24, 2.45) is 0 Å². The number of phosphoric acid groups is 1. The summed E-state index contributed by atoms with van der Waals surface area (Å²) in [6.45, 7) is 4.19. The smallest absolute Gasteiger partial charge is 0.462 e. The summed E-state index contributed by atoms with van der Waals surface area (Å²) in [6, 6.07) is 0. The van der Waals surface area contributed by atoms with E-state index in [-0.39, 0.29) is 32.0 Å². The monoisotopic (exact) mass is 1430 g/mol. The second kappa shape index (κ2) is 80.0. The van der Waals surface area contributed by atoms with E-state index >= 15 is 0 Å². The highest BCUT2D eigenvalue weighted by molar-refractivity contribution is 7.47. The van der Waals surface area contributed by atoms with Crippen molar-refractivity contribution in [1.29, 1.82) is 0 Å². The zero-order chi connectivity index (χ0) is 74.0. The van der Waals surface area contributed by atoms with Crippen LogP contribution in [0.2, 0.25) is 0 Å². The molecule has 2 unspecified atom stereocenters. The molecule has 0 fully saturated rings. The highest BCUT2D eigenvalue weighted by Crippen LogP contribution is 2.43. The van der Waals surface area contributed by atoms with Gasteiger partial charge in [-0.3, -0.25) is 18.6 Å². The highest BCUT2D eigenvalue weighted by Gasteiger charge is 2.27. The van der Waals surface area contributed by atoms with Gasteiger partial charge < -0.3 is 18.9 Å². The van der Waals surface area contributed by atoms with E-state index in [2.05, 4.69) is 208 Å². The zero-order valence-electron chi connectivity index (χ0n) is 66.0. The molecule has 9 nitrogen and oxygen atoms in total. The number of hydrogen-bond acceptors (Lipinski definition) is 7. The van der Waals surface area contributed by atoms with Crippen LogP contribution in [-0.4, -0.2) is 74.9 Å². The van der Waals surface area contributed by atoms with E-state index in [0.717, 1.165) is 161 Å². The van der Waals surface area contributed by atoms with Crippen molar-refractivity contribution in [1.82, 2.24) is 0 Å². The number of hydrogen-bond donors (Lipinski definition) is 1. The van der Waals surface area contributed by atoms with Gasteiger partial charge in [0.25, 0.3) is 0 Å². The number of carbonyl (C=O) groups is 2. The molecule has 1 N–H and O–H groups in total. The van der Waals surface area contributed by atoms with Crippen molar-refractivity contribution in [3.05, 3.63) is 194 Å². The standard InChI is InChI=1S/C92H152NO8P/c1-6-8-10-12-14-16-18-20-22-24-26-28-30-32-34-36-38-40-42-44-45-46-47-49-50-52-54-56-58-60-62-64-66-68-70-72-74-76-78-80-82-84-91(94)98-88-90(89-100-102(96,97)99-87-86-93(3,4)5)101-92(95)85-83-81-79-77-75-73-71-69-67-65-63-61-59-57-55-53-51-48-43-41-39-37-35-33-31-29-27-25-23-21-19-17-15-13-11-9-7-2/h8-11,14-17,20-23,26-29,32-35,38-41,48,51,55,57,61,63,67,69,90H,6-7,12-13,18-19,24-25,30-31,36-37,42-47,49-50,52-54,56,58-60,62,64-66,68,70-89H2,1-5H3/p+1/b10-8-,11-9-,16-14-,17-15-,22-20-,23-21-,28-26-,29-27-,34-32-,35-33-,40-38-,41-39-,51-48-,57-55-,63-61-,69-67-. The third kappa shape index (κ3) is 83.8. The molecule has 0 aliphatic carbocycles. The van der Waals surface area contributed by atoms with Gasteiger partial charge in [0.2, 0.25) is 0 Å². The van der Waals surface area contributed by atoms with Gasteiger partial charge in [0, 0.05) is 12.8 Å². The highest BCUT2D eigenvalue weighted by atomic mass is 31.2. The van der Waals surface area contributed by atoms with Gasteiger partial charge in [-0.25, -0.2) is 4.57 Å². The number of quaternary nitrogens is 1. The fourth-order valence-corrected chi connectivity index (χ4v) is 11.7. The predicted molar refractivity (Wildman–Crippen MR) is 445 cm³/mol. The average Bonchev–Trinajstić information content (AvgIpc) is 0.913. The van der Waals surface area contributed by atoms with Crippen LogP contribution in [0.15, 0.2) is 194 Å². The second-order valence-electron chi connectivity index (χ2n) is 28.0. The van der Waals surface area contributed by atoms with Crippen LogP contribution >= 0.6 is 7.82 Å². The van der Waals surface area contributed by atoms with Crippen LogP contribution in [0.1, 0.15) is 322 Å². The first-order chi connectivity index (χ1) is 50.0. The van der Waals surface area contributed by atoms with Gasteiger partial charge in [-0.2, -0.15) is 0 Å². The fraction of sp³-hybridized carbons (Fsp3) is 0.630. The minimum atomic E-state index is -4.41. The predicted octanol–water partition coefficient (Wildman–Crippen LogP) is 27.9. The number of ether oxygens (including phenoxy) is 2. The molecule has 2 atom stereocenters. The van der Waals surface area contributed by atoms with Crippen molar-refractivity contribution < 1.29 is 42.1 Å². The number of esters is 2. The van der Waals surface area contributed by atoms with E-state index in [0.29, 0.717) is 17.4 Å². The SMILES string of the molecule is CC/C=C\C/C=C\C/C=C\C/C=C\C/C=C\C/C=C\C/C=C\C/C=C\C/C=C\C/C=C\CCCCCCCCC(=O)OC(COC(=O)CCCCCCCCCCCCCCCCCCCCCCCC/C=C\C/C=C\C/C=C\C/C=C\C/C=C\C/C=C\CC)COP(=O)(O)OCC[N+](C)(C)C. The van der Waals surface area contributed by atoms with Gasteiger partial charge in [-0.05, 0) is 141 Å². The third-order valence-electron chi connectivity index (χ3n) is 17.1. The summed E-state index contributed by atoms with van der Waals surface area (Å²) in [5, 5.41) is 0. The first-order valence-electron chi connectivity index (χ1n) is 41.2. The molecule has 0 aromatic rings. The first kappa shape index (κ1) is 96.8. The lowest BCUT2D eigenvalue weighted by Gasteiger charge is -2.24. The number of nitrogens with zero attached hydrogens (tertiary/aromatic N) is 1. The van der Waals surface area contributed by atoms with Crippen LogP contribution in [0, 0.1) is 0 Å². The van der Waals surface area contributed by atoms with Gasteiger partial charge in [0.05, 0.1) is 27.7 Å².